The van der Waals surface area contributed by atoms with Crippen LogP contribution in [0.4, 0.5) is 0 Å². The summed E-state index contributed by atoms with van der Waals surface area (Å²) in [6, 6.07) is 9.88. The van der Waals surface area contributed by atoms with Gasteiger partial charge in [0.05, 0.1) is 13.0 Å². The molecule has 1 heterocycles. The fourth-order valence-electron chi connectivity index (χ4n) is 1.45. The molecule has 16 heavy (non-hydrogen) atoms. The van der Waals surface area contributed by atoms with Crippen LogP contribution in [0, 0.1) is 0 Å². The average Bonchev–Trinajstić information content (AvgIpc) is 2.66. The van der Waals surface area contributed by atoms with Crippen molar-refractivity contribution in [3.63, 3.8) is 0 Å². The smallest absolute Gasteiger partial charge is 0.159 e. The number of carbonyl (C=O) groups is 1. The summed E-state index contributed by atoms with van der Waals surface area (Å²) in [4.78, 5) is 11.0. The van der Waals surface area contributed by atoms with E-state index in [1.807, 2.05) is 30.3 Å². The third kappa shape index (κ3) is 2.50. The van der Waals surface area contributed by atoms with Crippen LogP contribution in [0.5, 0.6) is 0 Å². The van der Waals surface area contributed by atoms with E-state index in [2.05, 4.69) is 15.5 Å². The number of aromatic nitrogens is 4. The molecule has 0 unspecified atom stereocenters. The molecule has 2 rings (SSSR count). The number of benzene rings is 1. The van der Waals surface area contributed by atoms with Gasteiger partial charge in [0, 0.05) is 0 Å². The van der Waals surface area contributed by atoms with Gasteiger partial charge in [-0.25, -0.2) is 4.68 Å². The Morgan fingerprint density at radius 2 is 2.06 bits per heavy atom. The maximum absolute atomic E-state index is 11.0. The van der Waals surface area contributed by atoms with Crippen molar-refractivity contribution in [3.05, 3.63) is 41.7 Å². The monoisotopic (exact) mass is 216 g/mol. The van der Waals surface area contributed by atoms with Crippen LogP contribution < -0.4 is 0 Å². The summed E-state index contributed by atoms with van der Waals surface area (Å²) < 4.78 is 1.65. The van der Waals surface area contributed by atoms with Gasteiger partial charge in [-0.15, -0.1) is 5.10 Å². The molecule has 0 saturated carbocycles. The van der Waals surface area contributed by atoms with Crippen molar-refractivity contribution < 1.29 is 4.79 Å². The summed E-state index contributed by atoms with van der Waals surface area (Å²) in [6.07, 6.45) is 0.278. The fraction of sp³-hybridized carbons (Fsp3) is 0.273. The van der Waals surface area contributed by atoms with E-state index >= 15 is 0 Å². The summed E-state index contributed by atoms with van der Waals surface area (Å²) in [5, 5.41) is 11.3. The number of tetrazole rings is 1. The topological polar surface area (TPSA) is 60.7 Å². The molecule has 0 bridgehead atoms. The predicted molar refractivity (Wildman–Crippen MR) is 57.7 cm³/mol. The first-order chi connectivity index (χ1) is 7.75. The van der Waals surface area contributed by atoms with E-state index in [1.165, 1.54) is 6.92 Å². The standard InChI is InChI=1S/C11H12N4O/c1-9(16)7-11-12-13-14-15(11)8-10-5-3-2-4-6-10/h2-6H,7-8H2,1H3. The summed E-state index contributed by atoms with van der Waals surface area (Å²) in [7, 11) is 0. The van der Waals surface area contributed by atoms with Gasteiger partial charge >= 0.3 is 0 Å². The van der Waals surface area contributed by atoms with Gasteiger partial charge in [0.25, 0.3) is 0 Å². The molecule has 0 fully saturated rings. The van der Waals surface area contributed by atoms with Crippen LogP contribution in [0.15, 0.2) is 30.3 Å². The Kier molecular flexibility index (Phi) is 3.05. The molecule has 0 atom stereocenters. The molecule has 2 aromatic rings. The number of hydrogen-bond donors (Lipinski definition) is 0. The molecule has 5 nitrogen and oxygen atoms in total. The zero-order chi connectivity index (χ0) is 11.4. The minimum atomic E-state index is 0.0594. The van der Waals surface area contributed by atoms with Crippen LogP contribution in [0.25, 0.3) is 0 Å². The number of carbonyl (C=O) groups excluding carboxylic acids is 1. The first kappa shape index (κ1) is 10.5. The number of hydrogen-bond acceptors (Lipinski definition) is 4. The van der Waals surface area contributed by atoms with Crippen LogP contribution >= 0.6 is 0 Å². The quantitative estimate of drug-likeness (QED) is 0.760. The van der Waals surface area contributed by atoms with E-state index in [0.29, 0.717) is 12.4 Å². The van der Waals surface area contributed by atoms with Gasteiger partial charge in [-0.2, -0.15) is 0 Å². The molecule has 0 amide bonds. The molecular weight excluding hydrogens is 204 g/mol. The molecule has 0 radical (unpaired) electrons. The summed E-state index contributed by atoms with van der Waals surface area (Å²) in [5.74, 6) is 0.667. The van der Waals surface area contributed by atoms with E-state index < -0.39 is 0 Å². The zero-order valence-electron chi connectivity index (χ0n) is 9.00. The Labute approximate surface area is 93.1 Å². The van der Waals surface area contributed by atoms with Crippen molar-refractivity contribution in [1.29, 1.82) is 0 Å². The fourth-order valence-corrected chi connectivity index (χ4v) is 1.45. The molecule has 0 saturated heterocycles. The van der Waals surface area contributed by atoms with Crippen LogP contribution in [0.2, 0.25) is 0 Å². The summed E-state index contributed by atoms with van der Waals surface area (Å²) in [6.45, 7) is 2.12. The van der Waals surface area contributed by atoms with Crippen LogP contribution in [-0.2, 0) is 17.8 Å². The molecule has 82 valence electrons. The number of nitrogens with zero attached hydrogens (tertiary/aromatic N) is 4. The molecule has 0 spiro atoms. The van der Waals surface area contributed by atoms with Crippen LogP contribution in [-0.4, -0.2) is 26.0 Å². The van der Waals surface area contributed by atoms with E-state index in [-0.39, 0.29) is 12.2 Å². The third-order valence-corrected chi connectivity index (χ3v) is 2.19. The highest BCUT2D eigenvalue weighted by Gasteiger charge is 2.08. The Hall–Kier alpha value is -2.04. The van der Waals surface area contributed by atoms with Gasteiger partial charge in [0.2, 0.25) is 0 Å². The Morgan fingerprint density at radius 1 is 1.31 bits per heavy atom. The highest BCUT2D eigenvalue weighted by molar-refractivity contribution is 5.77. The lowest BCUT2D eigenvalue weighted by atomic mass is 10.2. The van der Waals surface area contributed by atoms with Crippen molar-refractivity contribution in [2.24, 2.45) is 0 Å². The van der Waals surface area contributed by atoms with Gasteiger partial charge < -0.3 is 0 Å². The number of rotatable bonds is 4. The van der Waals surface area contributed by atoms with Gasteiger partial charge in [-0.05, 0) is 22.9 Å². The highest BCUT2D eigenvalue weighted by Crippen LogP contribution is 2.03. The molecule has 0 aliphatic rings. The second-order valence-electron chi connectivity index (χ2n) is 3.62. The van der Waals surface area contributed by atoms with E-state index in [0.717, 1.165) is 5.56 Å². The number of Topliss-reactive ketones (excluding diaryl/α,β-unsaturated/α-hetero) is 1. The Balaban J connectivity index is 2.16. The van der Waals surface area contributed by atoms with Crippen molar-refractivity contribution in [3.8, 4) is 0 Å². The Morgan fingerprint density at radius 3 is 2.75 bits per heavy atom. The van der Waals surface area contributed by atoms with E-state index in [1.54, 1.807) is 4.68 Å². The summed E-state index contributed by atoms with van der Waals surface area (Å²) >= 11 is 0. The highest BCUT2D eigenvalue weighted by atomic mass is 16.1. The average molecular weight is 216 g/mol. The molecule has 0 aliphatic heterocycles. The molecule has 5 heteroatoms. The second-order valence-corrected chi connectivity index (χ2v) is 3.62. The first-order valence-electron chi connectivity index (χ1n) is 5.04. The van der Waals surface area contributed by atoms with Gasteiger partial charge in [-0.3, -0.25) is 4.79 Å². The normalized spacial score (nSPS) is 10.3. The zero-order valence-corrected chi connectivity index (χ0v) is 9.00. The lowest BCUT2D eigenvalue weighted by Crippen LogP contribution is -2.10. The van der Waals surface area contributed by atoms with Crippen LogP contribution in [0.1, 0.15) is 18.3 Å². The summed E-state index contributed by atoms with van der Waals surface area (Å²) in [5.41, 5.74) is 1.11. The largest absolute Gasteiger partial charge is 0.300 e. The minimum absolute atomic E-state index is 0.0594. The SMILES string of the molecule is CC(=O)Cc1nnnn1Cc1ccccc1. The predicted octanol–water partition coefficient (Wildman–Crippen LogP) is 0.853. The van der Waals surface area contributed by atoms with Crippen molar-refractivity contribution in [2.45, 2.75) is 19.9 Å². The molecule has 1 aromatic carbocycles. The van der Waals surface area contributed by atoms with Gasteiger partial charge in [0.1, 0.15) is 5.78 Å². The number of ketones is 1. The molecule has 0 N–H and O–H groups in total. The second kappa shape index (κ2) is 4.65. The third-order valence-electron chi connectivity index (χ3n) is 2.19. The van der Waals surface area contributed by atoms with E-state index in [4.69, 9.17) is 0 Å². The van der Waals surface area contributed by atoms with Crippen molar-refractivity contribution in [2.75, 3.05) is 0 Å². The lowest BCUT2D eigenvalue weighted by molar-refractivity contribution is -0.116. The van der Waals surface area contributed by atoms with Crippen molar-refractivity contribution in [1.82, 2.24) is 20.2 Å². The molecular formula is C11H12N4O. The maximum Gasteiger partial charge on any atom is 0.159 e. The first-order valence-corrected chi connectivity index (χ1v) is 5.04. The lowest BCUT2D eigenvalue weighted by Gasteiger charge is -2.02. The van der Waals surface area contributed by atoms with E-state index in [9.17, 15) is 4.79 Å². The Bertz CT molecular complexity index is 478. The maximum atomic E-state index is 11.0. The van der Waals surface area contributed by atoms with Crippen LogP contribution in [0.3, 0.4) is 0 Å². The van der Waals surface area contributed by atoms with Gasteiger partial charge in [-0.1, -0.05) is 30.3 Å². The minimum Gasteiger partial charge on any atom is -0.300 e. The molecule has 0 aliphatic carbocycles. The van der Waals surface area contributed by atoms with Crippen molar-refractivity contribution >= 4 is 5.78 Å². The van der Waals surface area contributed by atoms with Gasteiger partial charge in [0.15, 0.2) is 5.82 Å². The molecule has 1 aromatic heterocycles.